The molecule has 0 aliphatic rings. The van der Waals surface area contributed by atoms with Crippen LogP contribution in [0.1, 0.15) is 44.6 Å². The normalized spacial score (nSPS) is 10.6. The van der Waals surface area contributed by atoms with Gasteiger partial charge >= 0.3 is 5.97 Å². The van der Waals surface area contributed by atoms with Gasteiger partial charge < -0.3 is 14.4 Å². The number of benzene rings is 1. The number of aromatic nitrogens is 1. The fourth-order valence-electron chi connectivity index (χ4n) is 2.60. The topological polar surface area (TPSA) is 68.5 Å². The number of ether oxygens (including phenoxy) is 1. The second-order valence-corrected chi connectivity index (χ2v) is 5.53. The molecule has 5 heteroatoms. The summed E-state index contributed by atoms with van der Waals surface area (Å²) >= 11 is 0. The highest BCUT2D eigenvalue weighted by molar-refractivity contribution is 6.00. The SMILES string of the molecule is CCn1c(C)cc(C(=O)COC(=O)c2ccc(C)c(O)c2)c1C. The maximum absolute atomic E-state index is 12.3. The number of phenols is 1. The average molecular weight is 315 g/mol. The standard InChI is InChI=1S/C18H21NO4/c1-5-19-12(3)8-15(13(19)4)17(21)10-23-18(22)14-7-6-11(2)16(20)9-14/h6-9,20H,5,10H2,1-4H3. The van der Waals surface area contributed by atoms with Gasteiger partial charge in [0.15, 0.2) is 6.61 Å². The summed E-state index contributed by atoms with van der Waals surface area (Å²) in [6, 6.07) is 6.34. The number of aromatic hydroxyl groups is 1. The van der Waals surface area contributed by atoms with E-state index in [-0.39, 0.29) is 23.7 Å². The van der Waals surface area contributed by atoms with Gasteiger partial charge in [-0.2, -0.15) is 0 Å². The van der Waals surface area contributed by atoms with Crippen LogP contribution in [0.5, 0.6) is 5.75 Å². The van der Waals surface area contributed by atoms with Gasteiger partial charge in [0.25, 0.3) is 0 Å². The highest BCUT2D eigenvalue weighted by Crippen LogP contribution is 2.19. The van der Waals surface area contributed by atoms with Crippen molar-refractivity contribution in [2.45, 2.75) is 34.2 Å². The van der Waals surface area contributed by atoms with E-state index in [0.717, 1.165) is 17.9 Å². The zero-order chi connectivity index (χ0) is 17.1. The third-order valence-corrected chi connectivity index (χ3v) is 3.97. The predicted octanol–water partition coefficient (Wildman–Crippen LogP) is 3.18. The lowest BCUT2D eigenvalue weighted by atomic mass is 10.1. The monoisotopic (exact) mass is 315 g/mol. The number of Topliss-reactive ketones (excluding diaryl/α,β-unsaturated/α-hetero) is 1. The first-order chi connectivity index (χ1) is 10.8. The fourth-order valence-corrected chi connectivity index (χ4v) is 2.60. The molecule has 0 amide bonds. The van der Waals surface area contributed by atoms with E-state index in [2.05, 4.69) is 0 Å². The Balaban J connectivity index is 2.07. The summed E-state index contributed by atoms with van der Waals surface area (Å²) in [5, 5.41) is 9.62. The molecule has 23 heavy (non-hydrogen) atoms. The molecule has 0 aliphatic carbocycles. The fraction of sp³-hybridized carbons (Fsp3) is 0.333. The van der Waals surface area contributed by atoms with Crippen molar-refractivity contribution in [3.05, 3.63) is 52.3 Å². The van der Waals surface area contributed by atoms with E-state index in [1.54, 1.807) is 19.1 Å². The van der Waals surface area contributed by atoms with Gasteiger partial charge in [-0.15, -0.1) is 0 Å². The molecule has 0 saturated heterocycles. The molecule has 1 aromatic heterocycles. The molecule has 0 bridgehead atoms. The Bertz CT molecular complexity index is 759. The first kappa shape index (κ1) is 16.8. The third kappa shape index (κ3) is 3.44. The van der Waals surface area contributed by atoms with Crippen molar-refractivity contribution in [1.82, 2.24) is 4.57 Å². The van der Waals surface area contributed by atoms with Gasteiger partial charge in [-0.3, -0.25) is 4.79 Å². The summed E-state index contributed by atoms with van der Waals surface area (Å²) in [6.45, 7) is 8.03. The van der Waals surface area contributed by atoms with Crippen molar-refractivity contribution in [2.75, 3.05) is 6.61 Å². The van der Waals surface area contributed by atoms with Crippen LogP contribution in [0.2, 0.25) is 0 Å². The molecule has 0 aliphatic heterocycles. The summed E-state index contributed by atoms with van der Waals surface area (Å²) in [5.74, 6) is -0.835. The van der Waals surface area contributed by atoms with Crippen LogP contribution >= 0.6 is 0 Å². The Hall–Kier alpha value is -2.56. The number of rotatable bonds is 5. The lowest BCUT2D eigenvalue weighted by molar-refractivity contribution is 0.0474. The van der Waals surface area contributed by atoms with Gasteiger partial charge in [0, 0.05) is 23.5 Å². The van der Waals surface area contributed by atoms with Gasteiger partial charge in [0.2, 0.25) is 5.78 Å². The summed E-state index contributed by atoms with van der Waals surface area (Å²) in [4.78, 5) is 24.2. The molecule has 2 rings (SSSR count). The molecule has 1 N–H and O–H groups in total. The molecule has 1 aromatic carbocycles. The van der Waals surface area contributed by atoms with Crippen LogP contribution in [0.25, 0.3) is 0 Å². The number of aryl methyl sites for hydroxylation is 2. The van der Waals surface area contributed by atoms with E-state index in [4.69, 9.17) is 4.74 Å². The van der Waals surface area contributed by atoms with Crippen LogP contribution in [0.4, 0.5) is 0 Å². The van der Waals surface area contributed by atoms with Crippen LogP contribution in [0, 0.1) is 20.8 Å². The maximum atomic E-state index is 12.3. The first-order valence-corrected chi connectivity index (χ1v) is 7.51. The zero-order valence-electron chi connectivity index (χ0n) is 13.8. The molecule has 0 radical (unpaired) electrons. The second kappa shape index (κ2) is 6.69. The van der Waals surface area contributed by atoms with E-state index in [1.165, 1.54) is 6.07 Å². The molecule has 0 fully saturated rings. The Morgan fingerprint density at radius 1 is 1.17 bits per heavy atom. The van der Waals surface area contributed by atoms with Crippen molar-refractivity contribution in [3.8, 4) is 5.75 Å². The molecule has 0 saturated carbocycles. The predicted molar refractivity (Wildman–Crippen MR) is 87.0 cm³/mol. The molecule has 5 nitrogen and oxygen atoms in total. The minimum atomic E-state index is -0.627. The minimum Gasteiger partial charge on any atom is -0.508 e. The van der Waals surface area contributed by atoms with Gasteiger partial charge in [-0.05, 0) is 51.5 Å². The number of esters is 1. The molecule has 0 atom stereocenters. The van der Waals surface area contributed by atoms with Crippen LogP contribution in [0.15, 0.2) is 24.3 Å². The van der Waals surface area contributed by atoms with Crippen molar-refractivity contribution in [3.63, 3.8) is 0 Å². The van der Waals surface area contributed by atoms with Crippen molar-refractivity contribution in [2.24, 2.45) is 0 Å². The largest absolute Gasteiger partial charge is 0.508 e. The summed E-state index contributed by atoms with van der Waals surface area (Å²) in [5.41, 5.74) is 3.34. The minimum absolute atomic E-state index is 0.0252. The number of hydrogen-bond acceptors (Lipinski definition) is 4. The highest BCUT2D eigenvalue weighted by Gasteiger charge is 2.17. The summed E-state index contributed by atoms with van der Waals surface area (Å²) in [6.07, 6.45) is 0. The van der Waals surface area contributed by atoms with Gasteiger partial charge in [-0.25, -0.2) is 4.79 Å². The average Bonchev–Trinajstić information content (AvgIpc) is 2.81. The van der Waals surface area contributed by atoms with Crippen molar-refractivity contribution >= 4 is 11.8 Å². The molecule has 0 unspecified atom stereocenters. The summed E-state index contributed by atoms with van der Waals surface area (Å²) < 4.78 is 7.10. The molecule has 122 valence electrons. The molecule has 1 heterocycles. The number of hydrogen-bond donors (Lipinski definition) is 1. The Kier molecular flexibility index (Phi) is 4.89. The number of carbonyl (C=O) groups is 2. The van der Waals surface area contributed by atoms with Crippen LogP contribution in [-0.2, 0) is 11.3 Å². The summed E-state index contributed by atoms with van der Waals surface area (Å²) in [7, 11) is 0. The first-order valence-electron chi connectivity index (χ1n) is 7.51. The third-order valence-electron chi connectivity index (χ3n) is 3.97. The smallest absolute Gasteiger partial charge is 0.338 e. The molecule has 0 spiro atoms. The Morgan fingerprint density at radius 2 is 1.87 bits per heavy atom. The van der Waals surface area contributed by atoms with E-state index in [9.17, 15) is 14.7 Å². The number of carbonyl (C=O) groups excluding carboxylic acids is 2. The van der Waals surface area contributed by atoms with E-state index < -0.39 is 5.97 Å². The van der Waals surface area contributed by atoms with Gasteiger partial charge in [0.05, 0.1) is 5.56 Å². The van der Waals surface area contributed by atoms with E-state index in [0.29, 0.717) is 11.1 Å². The lowest BCUT2D eigenvalue weighted by Gasteiger charge is -2.07. The lowest BCUT2D eigenvalue weighted by Crippen LogP contribution is -2.15. The highest BCUT2D eigenvalue weighted by atomic mass is 16.5. The van der Waals surface area contributed by atoms with E-state index in [1.807, 2.05) is 31.4 Å². The van der Waals surface area contributed by atoms with Crippen LogP contribution in [0.3, 0.4) is 0 Å². The zero-order valence-corrected chi connectivity index (χ0v) is 13.8. The van der Waals surface area contributed by atoms with Crippen molar-refractivity contribution < 1.29 is 19.4 Å². The number of ketones is 1. The number of nitrogens with zero attached hydrogens (tertiary/aromatic N) is 1. The molecular formula is C18H21NO4. The van der Waals surface area contributed by atoms with Crippen LogP contribution in [-0.4, -0.2) is 28.0 Å². The van der Waals surface area contributed by atoms with Gasteiger partial charge in [0.1, 0.15) is 5.75 Å². The Morgan fingerprint density at radius 3 is 2.43 bits per heavy atom. The van der Waals surface area contributed by atoms with E-state index >= 15 is 0 Å². The molecule has 2 aromatic rings. The second-order valence-electron chi connectivity index (χ2n) is 5.53. The maximum Gasteiger partial charge on any atom is 0.338 e. The Labute approximate surface area is 135 Å². The van der Waals surface area contributed by atoms with Gasteiger partial charge in [-0.1, -0.05) is 6.07 Å². The van der Waals surface area contributed by atoms with Crippen LogP contribution < -0.4 is 0 Å². The van der Waals surface area contributed by atoms with Crippen molar-refractivity contribution in [1.29, 1.82) is 0 Å². The number of phenolic OH excluding ortho intramolecular Hbond substituents is 1. The quantitative estimate of drug-likeness (QED) is 0.679. The molecular weight excluding hydrogens is 294 g/mol.